The Morgan fingerprint density at radius 3 is 1.92 bits per heavy atom. The zero-order valence-corrected chi connectivity index (χ0v) is 19.2. The summed E-state index contributed by atoms with van der Waals surface area (Å²) in [5.74, 6) is -1.73. The number of para-hydroxylation sites is 2. The molecule has 5 aromatic rings. The molecule has 0 saturated heterocycles. The lowest BCUT2D eigenvalue weighted by molar-refractivity contribution is -0.133. The minimum Gasteiger partial charge on any atom is -0.478 e. The van der Waals surface area contributed by atoms with Gasteiger partial charge >= 0.3 is 11.9 Å². The van der Waals surface area contributed by atoms with E-state index in [2.05, 4.69) is 0 Å². The summed E-state index contributed by atoms with van der Waals surface area (Å²) in [6.07, 6.45) is -0.102. The normalized spacial score (nSPS) is 10.7. The summed E-state index contributed by atoms with van der Waals surface area (Å²) >= 11 is 0. The average molecular weight is 475 g/mol. The first-order valence-corrected chi connectivity index (χ1v) is 11.4. The van der Waals surface area contributed by atoms with Crippen LogP contribution in [0.4, 0.5) is 0 Å². The summed E-state index contributed by atoms with van der Waals surface area (Å²) in [5, 5.41) is 14.4. The van der Waals surface area contributed by atoms with Crippen molar-refractivity contribution in [3.05, 3.63) is 126 Å². The molecule has 0 spiro atoms. The van der Waals surface area contributed by atoms with Crippen LogP contribution in [0.3, 0.4) is 0 Å². The van der Waals surface area contributed by atoms with Crippen LogP contribution in [0.5, 0.6) is 5.75 Å². The molecule has 0 unspecified atom stereocenters. The van der Waals surface area contributed by atoms with Crippen LogP contribution in [0.1, 0.15) is 15.9 Å². The number of rotatable bonds is 7. The number of carbonyl (C=O) groups is 2. The fourth-order valence-electron chi connectivity index (χ4n) is 4.13. The van der Waals surface area contributed by atoms with E-state index in [0.717, 1.165) is 22.5 Å². The van der Waals surface area contributed by atoms with Crippen LogP contribution in [0.15, 0.2) is 115 Å². The van der Waals surface area contributed by atoms with Crippen molar-refractivity contribution in [2.45, 2.75) is 6.42 Å². The van der Waals surface area contributed by atoms with Gasteiger partial charge in [0.05, 0.1) is 23.5 Å². The van der Waals surface area contributed by atoms with Crippen LogP contribution in [-0.2, 0) is 11.2 Å². The maximum atomic E-state index is 13.2. The van der Waals surface area contributed by atoms with E-state index in [-0.39, 0.29) is 17.7 Å². The summed E-state index contributed by atoms with van der Waals surface area (Å²) in [6.45, 7) is 0. The topological polar surface area (TPSA) is 81.4 Å². The van der Waals surface area contributed by atoms with Crippen molar-refractivity contribution in [1.82, 2.24) is 9.78 Å². The molecule has 5 rings (SSSR count). The largest absolute Gasteiger partial charge is 0.478 e. The summed E-state index contributed by atoms with van der Waals surface area (Å²) in [4.78, 5) is 24.8. The molecular formula is C30H22N2O4. The second kappa shape index (κ2) is 10.1. The molecule has 1 aromatic heterocycles. The SMILES string of the molecule is O=C(Cc1c(-c2ccccc2)nn(-c2ccccc2)c1-c1ccccc1)Oc1ccccc1C(=O)O. The Labute approximate surface area is 208 Å². The van der Waals surface area contributed by atoms with E-state index in [4.69, 9.17) is 9.84 Å². The molecule has 0 fully saturated rings. The molecule has 0 aliphatic carbocycles. The monoisotopic (exact) mass is 474 g/mol. The van der Waals surface area contributed by atoms with Crippen LogP contribution < -0.4 is 4.74 Å². The number of esters is 1. The highest BCUT2D eigenvalue weighted by Crippen LogP contribution is 2.35. The van der Waals surface area contributed by atoms with Gasteiger partial charge in [-0.2, -0.15) is 5.10 Å². The zero-order chi connectivity index (χ0) is 24.9. The van der Waals surface area contributed by atoms with Gasteiger partial charge in [-0.05, 0) is 24.3 Å². The third-order valence-electron chi connectivity index (χ3n) is 5.74. The van der Waals surface area contributed by atoms with Crippen molar-refractivity contribution in [3.63, 3.8) is 0 Å². The highest BCUT2D eigenvalue weighted by atomic mass is 16.5. The van der Waals surface area contributed by atoms with Gasteiger partial charge in [-0.1, -0.05) is 91.0 Å². The van der Waals surface area contributed by atoms with Crippen LogP contribution in [0.2, 0.25) is 0 Å². The molecule has 0 atom stereocenters. The number of hydrogen-bond acceptors (Lipinski definition) is 4. The van der Waals surface area contributed by atoms with Crippen LogP contribution in [-0.4, -0.2) is 26.8 Å². The Kier molecular flexibility index (Phi) is 6.40. The maximum Gasteiger partial charge on any atom is 0.339 e. The molecule has 1 heterocycles. The first kappa shape index (κ1) is 22.8. The number of benzene rings is 4. The van der Waals surface area contributed by atoms with Gasteiger partial charge in [0.2, 0.25) is 0 Å². The van der Waals surface area contributed by atoms with Gasteiger partial charge in [-0.3, -0.25) is 4.79 Å². The summed E-state index contributed by atoms with van der Waals surface area (Å²) in [5.41, 5.74) is 4.64. The third kappa shape index (κ3) is 4.65. The van der Waals surface area contributed by atoms with Crippen molar-refractivity contribution in [2.24, 2.45) is 0 Å². The second-order valence-electron chi connectivity index (χ2n) is 8.11. The predicted octanol–water partition coefficient (Wildman–Crippen LogP) is 6.05. The third-order valence-corrected chi connectivity index (χ3v) is 5.74. The van der Waals surface area contributed by atoms with Gasteiger partial charge in [0.25, 0.3) is 0 Å². The minimum atomic E-state index is -1.16. The van der Waals surface area contributed by atoms with E-state index in [1.165, 1.54) is 12.1 Å². The van der Waals surface area contributed by atoms with Gasteiger partial charge in [-0.25, -0.2) is 9.48 Å². The van der Waals surface area contributed by atoms with Gasteiger partial charge in [0.1, 0.15) is 11.3 Å². The molecule has 0 amide bonds. The van der Waals surface area contributed by atoms with Crippen LogP contribution >= 0.6 is 0 Å². The van der Waals surface area contributed by atoms with E-state index in [9.17, 15) is 14.7 Å². The molecule has 6 heteroatoms. The molecule has 0 saturated carbocycles. The van der Waals surface area contributed by atoms with Crippen molar-refractivity contribution in [1.29, 1.82) is 0 Å². The molecular weight excluding hydrogens is 452 g/mol. The van der Waals surface area contributed by atoms with Gasteiger partial charge in [0.15, 0.2) is 0 Å². The fraction of sp³-hybridized carbons (Fsp3) is 0.0333. The van der Waals surface area contributed by atoms with Gasteiger partial charge in [-0.15, -0.1) is 0 Å². The lowest BCUT2D eigenvalue weighted by Gasteiger charge is -2.11. The number of carboxylic acid groups (broad SMARTS) is 1. The smallest absolute Gasteiger partial charge is 0.339 e. The number of aromatic carboxylic acids is 1. The summed E-state index contributed by atoms with van der Waals surface area (Å²) < 4.78 is 7.39. The molecule has 176 valence electrons. The Morgan fingerprint density at radius 2 is 1.28 bits per heavy atom. The Bertz CT molecular complexity index is 1510. The van der Waals surface area contributed by atoms with Crippen molar-refractivity contribution in [3.8, 4) is 34.0 Å². The first-order chi connectivity index (χ1) is 17.6. The van der Waals surface area contributed by atoms with E-state index in [0.29, 0.717) is 11.3 Å². The van der Waals surface area contributed by atoms with Crippen LogP contribution in [0, 0.1) is 0 Å². The minimum absolute atomic E-state index is 0.00738. The molecule has 0 bridgehead atoms. The highest BCUT2D eigenvalue weighted by Gasteiger charge is 2.25. The van der Waals surface area contributed by atoms with E-state index >= 15 is 0 Å². The van der Waals surface area contributed by atoms with Gasteiger partial charge < -0.3 is 9.84 Å². The number of ether oxygens (including phenoxy) is 1. The Balaban J connectivity index is 1.65. The molecule has 0 aliphatic heterocycles. The summed E-state index contributed by atoms with van der Waals surface area (Å²) in [6, 6.07) is 35.2. The molecule has 0 aliphatic rings. The predicted molar refractivity (Wildman–Crippen MR) is 137 cm³/mol. The van der Waals surface area contributed by atoms with E-state index < -0.39 is 11.9 Å². The molecule has 1 N–H and O–H groups in total. The Hall–Kier alpha value is -4.97. The lowest BCUT2D eigenvalue weighted by Crippen LogP contribution is -2.14. The lowest BCUT2D eigenvalue weighted by atomic mass is 9.99. The highest BCUT2D eigenvalue weighted by molar-refractivity contribution is 5.92. The van der Waals surface area contributed by atoms with Crippen molar-refractivity contribution < 1.29 is 19.4 Å². The van der Waals surface area contributed by atoms with E-state index in [1.54, 1.807) is 12.1 Å². The average Bonchev–Trinajstić information content (AvgIpc) is 3.29. The Morgan fingerprint density at radius 1 is 0.722 bits per heavy atom. The number of carboxylic acids is 1. The maximum absolute atomic E-state index is 13.2. The molecule has 36 heavy (non-hydrogen) atoms. The number of hydrogen-bond donors (Lipinski definition) is 1. The van der Waals surface area contributed by atoms with Crippen molar-refractivity contribution >= 4 is 11.9 Å². The summed E-state index contributed by atoms with van der Waals surface area (Å²) in [7, 11) is 0. The van der Waals surface area contributed by atoms with Crippen LogP contribution in [0.25, 0.3) is 28.2 Å². The van der Waals surface area contributed by atoms with E-state index in [1.807, 2.05) is 95.7 Å². The number of carbonyl (C=O) groups excluding carboxylic acids is 1. The molecule has 0 radical (unpaired) electrons. The number of nitrogens with zero attached hydrogens (tertiary/aromatic N) is 2. The van der Waals surface area contributed by atoms with Crippen molar-refractivity contribution in [2.75, 3.05) is 0 Å². The molecule has 6 nitrogen and oxygen atoms in total. The quantitative estimate of drug-likeness (QED) is 0.229. The fourth-order valence-corrected chi connectivity index (χ4v) is 4.13. The van der Waals surface area contributed by atoms with Gasteiger partial charge in [0, 0.05) is 16.7 Å². The standard InChI is InChI=1S/C30H22N2O4/c33-27(36-26-19-11-10-18-24(26)30(34)35)20-25-28(21-12-4-1-5-13-21)31-32(23-16-8-3-9-17-23)29(25)22-14-6-2-7-15-22/h1-19H,20H2,(H,34,35). The zero-order valence-electron chi connectivity index (χ0n) is 19.2. The second-order valence-corrected chi connectivity index (χ2v) is 8.11. The number of aromatic nitrogens is 2. The molecule has 4 aromatic carbocycles. The first-order valence-electron chi connectivity index (χ1n) is 11.4.